The highest BCUT2D eigenvalue weighted by atomic mass is 16.5. The Balaban J connectivity index is 2.74. The standard InChI is InChI=1S/C15H23NO/c1-6-7-14(17-15(3,4)5)16-13-10-8-12(2)9-11-13/h7-11,16H,6H2,1-5H3/b14-7+. The second-order valence-corrected chi connectivity index (χ2v) is 5.18. The molecule has 0 saturated heterocycles. The quantitative estimate of drug-likeness (QED) is 0.774. The molecule has 0 saturated carbocycles. The van der Waals surface area contributed by atoms with E-state index in [2.05, 4.69) is 49.5 Å². The third kappa shape index (κ3) is 5.43. The van der Waals surface area contributed by atoms with Crippen molar-refractivity contribution in [3.63, 3.8) is 0 Å². The molecule has 1 aromatic carbocycles. The van der Waals surface area contributed by atoms with Crippen molar-refractivity contribution < 1.29 is 4.74 Å². The summed E-state index contributed by atoms with van der Waals surface area (Å²) in [6.45, 7) is 10.3. The van der Waals surface area contributed by atoms with Crippen LogP contribution in [0.5, 0.6) is 0 Å². The molecule has 0 fully saturated rings. The van der Waals surface area contributed by atoms with Gasteiger partial charge in [-0.15, -0.1) is 0 Å². The molecule has 1 aromatic rings. The molecule has 0 aromatic heterocycles. The highest BCUT2D eigenvalue weighted by molar-refractivity contribution is 5.48. The first-order valence-electron chi connectivity index (χ1n) is 6.13. The van der Waals surface area contributed by atoms with Gasteiger partial charge in [-0.3, -0.25) is 0 Å². The summed E-state index contributed by atoms with van der Waals surface area (Å²) in [6.07, 6.45) is 3.01. The van der Waals surface area contributed by atoms with Gasteiger partial charge in [-0.25, -0.2) is 0 Å². The lowest BCUT2D eigenvalue weighted by atomic mass is 10.2. The number of hydrogen-bond acceptors (Lipinski definition) is 2. The number of anilines is 1. The van der Waals surface area contributed by atoms with Gasteiger partial charge in [-0.1, -0.05) is 24.6 Å². The van der Waals surface area contributed by atoms with E-state index in [1.807, 2.05) is 20.8 Å². The molecule has 0 amide bonds. The number of ether oxygens (including phenoxy) is 1. The predicted molar refractivity (Wildman–Crippen MR) is 74.0 cm³/mol. The summed E-state index contributed by atoms with van der Waals surface area (Å²) in [6, 6.07) is 8.29. The minimum Gasteiger partial charge on any atom is -0.474 e. The van der Waals surface area contributed by atoms with E-state index < -0.39 is 0 Å². The van der Waals surface area contributed by atoms with E-state index in [0.29, 0.717) is 0 Å². The summed E-state index contributed by atoms with van der Waals surface area (Å²) >= 11 is 0. The van der Waals surface area contributed by atoms with Crippen molar-refractivity contribution in [2.75, 3.05) is 5.32 Å². The van der Waals surface area contributed by atoms with Crippen LogP contribution in [0.1, 0.15) is 39.7 Å². The SMILES string of the molecule is CC/C=C(\Nc1ccc(C)cc1)OC(C)(C)C. The molecular formula is C15H23NO. The maximum atomic E-state index is 5.86. The number of nitrogens with one attached hydrogen (secondary N) is 1. The van der Waals surface area contributed by atoms with Crippen molar-refractivity contribution in [2.45, 2.75) is 46.6 Å². The molecule has 0 aliphatic rings. The Bertz CT molecular complexity index is 371. The second-order valence-electron chi connectivity index (χ2n) is 5.18. The van der Waals surface area contributed by atoms with E-state index in [-0.39, 0.29) is 5.60 Å². The van der Waals surface area contributed by atoms with Crippen molar-refractivity contribution in [3.8, 4) is 0 Å². The topological polar surface area (TPSA) is 21.3 Å². The zero-order chi connectivity index (χ0) is 12.9. The second kappa shape index (κ2) is 5.76. The van der Waals surface area contributed by atoms with E-state index >= 15 is 0 Å². The van der Waals surface area contributed by atoms with Crippen LogP contribution in [0.3, 0.4) is 0 Å². The van der Waals surface area contributed by atoms with Gasteiger partial charge in [0.1, 0.15) is 5.60 Å². The van der Waals surface area contributed by atoms with Crippen molar-refractivity contribution in [2.24, 2.45) is 0 Å². The Morgan fingerprint density at radius 1 is 1.24 bits per heavy atom. The molecule has 1 N–H and O–H groups in total. The van der Waals surface area contributed by atoms with E-state index in [1.54, 1.807) is 0 Å². The van der Waals surface area contributed by atoms with E-state index in [4.69, 9.17) is 4.74 Å². The molecule has 94 valence electrons. The fourth-order valence-electron chi connectivity index (χ4n) is 1.41. The smallest absolute Gasteiger partial charge is 0.187 e. The summed E-state index contributed by atoms with van der Waals surface area (Å²) in [4.78, 5) is 0. The Kier molecular flexibility index (Phi) is 4.62. The first kappa shape index (κ1) is 13.6. The van der Waals surface area contributed by atoms with Crippen LogP contribution in [0.15, 0.2) is 36.2 Å². The molecule has 0 aliphatic carbocycles. The zero-order valence-corrected chi connectivity index (χ0v) is 11.5. The Labute approximate surface area is 105 Å². The van der Waals surface area contributed by atoms with Crippen molar-refractivity contribution in [1.29, 1.82) is 0 Å². The number of hydrogen-bond donors (Lipinski definition) is 1. The van der Waals surface area contributed by atoms with Crippen LogP contribution in [0.25, 0.3) is 0 Å². The van der Waals surface area contributed by atoms with E-state index in [1.165, 1.54) is 5.56 Å². The molecule has 0 unspecified atom stereocenters. The minimum absolute atomic E-state index is 0.182. The summed E-state index contributed by atoms with van der Waals surface area (Å²) in [5.41, 5.74) is 2.13. The van der Waals surface area contributed by atoms with Crippen LogP contribution in [0.4, 0.5) is 5.69 Å². The molecule has 0 atom stereocenters. The molecule has 0 spiro atoms. The van der Waals surface area contributed by atoms with Crippen LogP contribution >= 0.6 is 0 Å². The van der Waals surface area contributed by atoms with Crippen molar-refractivity contribution >= 4 is 5.69 Å². The Morgan fingerprint density at radius 3 is 2.29 bits per heavy atom. The monoisotopic (exact) mass is 233 g/mol. The van der Waals surface area contributed by atoms with Gasteiger partial charge in [0.15, 0.2) is 5.88 Å². The van der Waals surface area contributed by atoms with E-state index in [9.17, 15) is 0 Å². The van der Waals surface area contributed by atoms with Gasteiger partial charge < -0.3 is 10.1 Å². The van der Waals surface area contributed by atoms with Crippen LogP contribution in [0, 0.1) is 6.92 Å². The summed E-state index contributed by atoms with van der Waals surface area (Å²) < 4.78 is 5.86. The molecule has 0 radical (unpaired) electrons. The van der Waals surface area contributed by atoms with Gasteiger partial charge in [-0.2, -0.15) is 0 Å². The third-order valence-electron chi connectivity index (χ3n) is 2.12. The molecule has 0 aliphatic heterocycles. The molecule has 0 heterocycles. The summed E-state index contributed by atoms with van der Waals surface area (Å²) in [5, 5.41) is 3.30. The number of benzene rings is 1. The average molecular weight is 233 g/mol. The van der Waals surface area contributed by atoms with Gasteiger partial charge in [0, 0.05) is 5.69 Å². The van der Waals surface area contributed by atoms with Gasteiger partial charge in [0.25, 0.3) is 0 Å². The van der Waals surface area contributed by atoms with Crippen LogP contribution < -0.4 is 5.32 Å². The summed E-state index contributed by atoms with van der Waals surface area (Å²) in [5.74, 6) is 0.823. The lowest BCUT2D eigenvalue weighted by molar-refractivity contribution is 0.0550. The highest BCUT2D eigenvalue weighted by Crippen LogP contribution is 2.17. The van der Waals surface area contributed by atoms with Crippen LogP contribution in [-0.4, -0.2) is 5.60 Å². The lowest BCUT2D eigenvalue weighted by Gasteiger charge is -2.24. The maximum absolute atomic E-state index is 5.86. The zero-order valence-electron chi connectivity index (χ0n) is 11.5. The minimum atomic E-state index is -0.182. The maximum Gasteiger partial charge on any atom is 0.187 e. The normalized spacial score (nSPS) is 12.4. The molecule has 2 heteroatoms. The number of rotatable bonds is 4. The fourth-order valence-corrected chi connectivity index (χ4v) is 1.41. The third-order valence-corrected chi connectivity index (χ3v) is 2.12. The van der Waals surface area contributed by atoms with Crippen LogP contribution in [0.2, 0.25) is 0 Å². The molecule has 2 nitrogen and oxygen atoms in total. The van der Waals surface area contributed by atoms with Crippen molar-refractivity contribution in [3.05, 3.63) is 41.8 Å². The molecular weight excluding hydrogens is 210 g/mol. The van der Waals surface area contributed by atoms with Gasteiger partial charge >= 0.3 is 0 Å². The van der Waals surface area contributed by atoms with Crippen molar-refractivity contribution in [1.82, 2.24) is 0 Å². The predicted octanol–water partition coefficient (Wildman–Crippen LogP) is 4.47. The summed E-state index contributed by atoms with van der Waals surface area (Å²) in [7, 11) is 0. The Morgan fingerprint density at radius 2 is 1.82 bits per heavy atom. The Hall–Kier alpha value is -1.44. The molecule has 1 rings (SSSR count). The lowest BCUT2D eigenvalue weighted by Crippen LogP contribution is -2.21. The number of allylic oxidation sites excluding steroid dienone is 1. The van der Waals surface area contributed by atoms with Gasteiger partial charge in [-0.05, 0) is 52.3 Å². The first-order chi connectivity index (χ1) is 7.90. The van der Waals surface area contributed by atoms with E-state index in [0.717, 1.165) is 18.0 Å². The fraction of sp³-hybridized carbons (Fsp3) is 0.467. The first-order valence-corrected chi connectivity index (χ1v) is 6.13. The number of aryl methyl sites for hydroxylation is 1. The van der Waals surface area contributed by atoms with Gasteiger partial charge in [0.2, 0.25) is 0 Å². The average Bonchev–Trinajstić information content (AvgIpc) is 2.19. The molecule has 0 bridgehead atoms. The van der Waals surface area contributed by atoms with Crippen LogP contribution in [-0.2, 0) is 4.74 Å². The molecule has 17 heavy (non-hydrogen) atoms. The highest BCUT2D eigenvalue weighted by Gasteiger charge is 2.13. The van der Waals surface area contributed by atoms with Gasteiger partial charge in [0.05, 0.1) is 0 Å². The largest absolute Gasteiger partial charge is 0.474 e.